The van der Waals surface area contributed by atoms with Gasteiger partial charge in [-0.3, -0.25) is 4.79 Å². The Morgan fingerprint density at radius 1 is 1.35 bits per heavy atom. The molecule has 134 valence electrons. The minimum Gasteiger partial charge on any atom is -0.312 e. The van der Waals surface area contributed by atoms with Crippen molar-refractivity contribution in [3.8, 4) is 0 Å². The van der Waals surface area contributed by atoms with Gasteiger partial charge in [-0.2, -0.15) is 4.99 Å². The van der Waals surface area contributed by atoms with Crippen molar-refractivity contribution < 1.29 is 13.2 Å². The van der Waals surface area contributed by atoms with Crippen LogP contribution in [0.4, 0.5) is 0 Å². The summed E-state index contributed by atoms with van der Waals surface area (Å²) < 4.78 is 26.1. The number of carbonyl (C=O) groups excluding carboxylic acids is 1. The summed E-state index contributed by atoms with van der Waals surface area (Å²) >= 11 is 2.81. The summed E-state index contributed by atoms with van der Waals surface area (Å²) in [6.07, 6.45) is 6.03. The van der Waals surface area contributed by atoms with Crippen molar-refractivity contribution in [2.45, 2.75) is 11.4 Å². The van der Waals surface area contributed by atoms with Crippen LogP contribution in [0.15, 0.2) is 64.3 Å². The molecule has 0 aliphatic rings. The first-order valence-corrected chi connectivity index (χ1v) is 11.2. The molecule has 0 N–H and O–H groups in total. The molecule has 0 aliphatic carbocycles. The molecule has 0 atom stereocenters. The highest BCUT2D eigenvalue weighted by Crippen LogP contribution is 2.22. The smallest absolute Gasteiger partial charge is 0.272 e. The second kappa shape index (κ2) is 7.53. The summed E-state index contributed by atoms with van der Waals surface area (Å²) in [5.41, 5.74) is 0.816. The summed E-state index contributed by atoms with van der Waals surface area (Å²) in [7, 11) is -3.30. The molecule has 0 bridgehead atoms. The average Bonchev–Trinajstić information content (AvgIpc) is 3.20. The third-order valence-corrected chi connectivity index (χ3v) is 6.52. The van der Waals surface area contributed by atoms with Crippen LogP contribution in [-0.2, 0) is 21.2 Å². The van der Waals surface area contributed by atoms with Gasteiger partial charge in [0, 0.05) is 23.8 Å². The maximum atomic E-state index is 12.2. The molecule has 3 aromatic rings. The molecule has 3 rings (SSSR count). The van der Waals surface area contributed by atoms with E-state index in [0.717, 1.165) is 15.1 Å². The molecule has 0 spiro atoms. The number of thiazole rings is 1. The summed E-state index contributed by atoms with van der Waals surface area (Å²) in [6, 6.07) is 8.73. The van der Waals surface area contributed by atoms with E-state index in [-0.39, 0.29) is 10.8 Å². The van der Waals surface area contributed by atoms with E-state index >= 15 is 0 Å². The molecule has 1 aromatic carbocycles. The summed E-state index contributed by atoms with van der Waals surface area (Å²) in [4.78, 5) is 18.1. The van der Waals surface area contributed by atoms with Crippen molar-refractivity contribution in [3.05, 3.63) is 64.1 Å². The van der Waals surface area contributed by atoms with Crippen LogP contribution in [0.1, 0.15) is 4.88 Å². The molecule has 2 aromatic heterocycles. The van der Waals surface area contributed by atoms with Gasteiger partial charge in [0.25, 0.3) is 5.91 Å². The van der Waals surface area contributed by atoms with Crippen LogP contribution in [0.25, 0.3) is 16.3 Å². The third kappa shape index (κ3) is 4.09. The van der Waals surface area contributed by atoms with E-state index in [1.807, 2.05) is 22.1 Å². The lowest BCUT2D eigenvalue weighted by molar-refractivity contribution is -0.113. The van der Waals surface area contributed by atoms with Gasteiger partial charge in [0.05, 0.1) is 15.1 Å². The van der Waals surface area contributed by atoms with Gasteiger partial charge < -0.3 is 4.57 Å². The number of allylic oxidation sites excluding steroid dienone is 1. The molecule has 26 heavy (non-hydrogen) atoms. The number of amides is 1. The molecule has 2 heterocycles. The van der Waals surface area contributed by atoms with Crippen molar-refractivity contribution in [3.63, 3.8) is 0 Å². The molecule has 5 nitrogen and oxygen atoms in total. The molecular weight excluding hydrogens is 388 g/mol. The van der Waals surface area contributed by atoms with Crippen LogP contribution < -0.4 is 4.80 Å². The highest BCUT2D eigenvalue weighted by atomic mass is 32.2. The zero-order valence-electron chi connectivity index (χ0n) is 14.0. The molecular formula is C18H16N2O3S3. The van der Waals surface area contributed by atoms with Gasteiger partial charge in [0.1, 0.15) is 0 Å². The van der Waals surface area contributed by atoms with Gasteiger partial charge in [0.2, 0.25) is 0 Å². The molecule has 0 saturated heterocycles. The largest absolute Gasteiger partial charge is 0.312 e. The van der Waals surface area contributed by atoms with Gasteiger partial charge in [-0.05, 0) is 35.7 Å². The zero-order chi connectivity index (χ0) is 18.7. The van der Waals surface area contributed by atoms with E-state index in [4.69, 9.17) is 0 Å². The Morgan fingerprint density at radius 3 is 2.81 bits per heavy atom. The lowest BCUT2D eigenvalue weighted by atomic mass is 10.3. The zero-order valence-corrected chi connectivity index (χ0v) is 16.4. The van der Waals surface area contributed by atoms with E-state index in [2.05, 4.69) is 11.6 Å². The van der Waals surface area contributed by atoms with E-state index in [0.29, 0.717) is 11.3 Å². The fourth-order valence-corrected chi connectivity index (χ4v) is 4.77. The Hall–Kier alpha value is -2.29. The molecule has 0 unspecified atom stereocenters. The first-order chi connectivity index (χ1) is 12.4. The van der Waals surface area contributed by atoms with Crippen molar-refractivity contribution in [2.75, 3.05) is 6.26 Å². The number of fused-ring (bicyclic) bond motifs is 1. The number of aromatic nitrogens is 1. The fourth-order valence-electron chi connectivity index (χ4n) is 2.35. The number of benzene rings is 1. The monoisotopic (exact) mass is 404 g/mol. The minimum atomic E-state index is -3.30. The number of hydrogen-bond donors (Lipinski definition) is 0. The standard InChI is InChI=1S/C18H16N2O3S3/c1-3-10-20-15-8-7-14(26(2,22)23)12-16(15)25-18(20)19-17(21)9-6-13-5-4-11-24-13/h3-9,11-12H,1,10H2,2H3. The highest BCUT2D eigenvalue weighted by Gasteiger charge is 2.12. The maximum Gasteiger partial charge on any atom is 0.272 e. The number of sulfone groups is 1. The van der Waals surface area contributed by atoms with Gasteiger partial charge in [0.15, 0.2) is 14.6 Å². The van der Waals surface area contributed by atoms with Crippen LogP contribution in [0.3, 0.4) is 0 Å². The molecule has 1 amide bonds. The van der Waals surface area contributed by atoms with E-state index in [9.17, 15) is 13.2 Å². The number of hydrogen-bond acceptors (Lipinski definition) is 5. The topological polar surface area (TPSA) is 68.5 Å². The number of nitrogens with zero attached hydrogens (tertiary/aromatic N) is 2. The van der Waals surface area contributed by atoms with Gasteiger partial charge in [-0.15, -0.1) is 17.9 Å². The van der Waals surface area contributed by atoms with E-state index < -0.39 is 9.84 Å². The molecule has 0 saturated carbocycles. The van der Waals surface area contributed by atoms with Crippen LogP contribution in [0.2, 0.25) is 0 Å². The molecule has 0 radical (unpaired) electrons. The predicted molar refractivity (Wildman–Crippen MR) is 107 cm³/mol. The Bertz CT molecular complexity index is 1160. The molecule has 0 aliphatic heterocycles. The fraction of sp³-hybridized carbons (Fsp3) is 0.111. The average molecular weight is 405 g/mol. The Morgan fingerprint density at radius 2 is 2.15 bits per heavy atom. The van der Waals surface area contributed by atoms with E-state index in [1.54, 1.807) is 30.4 Å². The van der Waals surface area contributed by atoms with Crippen molar-refractivity contribution in [1.29, 1.82) is 0 Å². The predicted octanol–water partition coefficient (Wildman–Crippen LogP) is 3.49. The number of carbonyl (C=O) groups is 1. The summed E-state index contributed by atoms with van der Waals surface area (Å²) in [6.45, 7) is 4.21. The Balaban J connectivity index is 2.07. The van der Waals surface area contributed by atoms with Crippen LogP contribution in [0, 0.1) is 0 Å². The first-order valence-electron chi connectivity index (χ1n) is 7.63. The quantitative estimate of drug-likeness (QED) is 0.483. The second-order valence-electron chi connectivity index (χ2n) is 5.48. The third-order valence-electron chi connectivity index (χ3n) is 3.53. The number of thiophene rings is 1. The van der Waals surface area contributed by atoms with Crippen LogP contribution in [0.5, 0.6) is 0 Å². The van der Waals surface area contributed by atoms with Crippen LogP contribution >= 0.6 is 22.7 Å². The van der Waals surface area contributed by atoms with Gasteiger partial charge >= 0.3 is 0 Å². The minimum absolute atomic E-state index is 0.243. The summed E-state index contributed by atoms with van der Waals surface area (Å²) in [5.74, 6) is -0.369. The second-order valence-corrected chi connectivity index (χ2v) is 9.49. The number of rotatable bonds is 5. The Labute approximate surface area is 159 Å². The SMILES string of the molecule is C=CCn1c(=NC(=O)C=Cc2cccs2)sc2cc(S(C)(=O)=O)ccc21. The Kier molecular flexibility index (Phi) is 5.36. The van der Waals surface area contributed by atoms with Crippen LogP contribution in [-0.4, -0.2) is 25.1 Å². The van der Waals surface area contributed by atoms with Crippen molar-refractivity contribution in [2.24, 2.45) is 4.99 Å². The highest BCUT2D eigenvalue weighted by molar-refractivity contribution is 7.90. The summed E-state index contributed by atoms with van der Waals surface area (Å²) in [5, 5.41) is 1.94. The van der Waals surface area contributed by atoms with Crippen molar-refractivity contribution in [1.82, 2.24) is 4.57 Å². The molecule has 8 heteroatoms. The van der Waals surface area contributed by atoms with E-state index in [1.165, 1.54) is 35.0 Å². The van der Waals surface area contributed by atoms with Crippen molar-refractivity contribution >= 4 is 54.7 Å². The molecule has 0 fully saturated rings. The lowest BCUT2D eigenvalue weighted by Crippen LogP contribution is -2.15. The first kappa shape index (κ1) is 18.5. The normalized spacial score (nSPS) is 12.9. The maximum absolute atomic E-state index is 12.2. The van der Waals surface area contributed by atoms with Gasteiger partial charge in [-0.1, -0.05) is 23.5 Å². The van der Waals surface area contributed by atoms with Gasteiger partial charge in [-0.25, -0.2) is 8.42 Å². The lowest BCUT2D eigenvalue weighted by Gasteiger charge is -2.02.